The number of nitrogens with zero attached hydrogens (tertiary/aromatic N) is 2. The van der Waals surface area contributed by atoms with Gasteiger partial charge in [0.15, 0.2) is 5.76 Å². The molecule has 0 atom stereocenters. The molecule has 1 N–H and O–H groups in total. The van der Waals surface area contributed by atoms with Crippen LogP contribution in [-0.2, 0) is 6.54 Å². The summed E-state index contributed by atoms with van der Waals surface area (Å²) >= 11 is 2.98. The SMILES string of the molecule is Cc1nc(C)c(C(=O)NCc2cc(-c3cccs3)on2)s1. The molecule has 3 rings (SSSR count). The number of nitrogens with one attached hydrogen (secondary N) is 1. The van der Waals surface area contributed by atoms with Crippen molar-refractivity contribution in [1.82, 2.24) is 15.5 Å². The smallest absolute Gasteiger partial charge is 0.263 e. The number of hydrogen-bond acceptors (Lipinski definition) is 6. The molecular weight excluding hydrogens is 306 g/mol. The molecule has 3 aromatic rings. The molecule has 0 spiro atoms. The Morgan fingerprint density at radius 1 is 1.43 bits per heavy atom. The van der Waals surface area contributed by atoms with Crippen molar-refractivity contribution in [2.75, 3.05) is 0 Å². The van der Waals surface area contributed by atoms with Gasteiger partial charge in [0.1, 0.15) is 10.6 Å². The van der Waals surface area contributed by atoms with Crippen LogP contribution >= 0.6 is 22.7 Å². The van der Waals surface area contributed by atoms with E-state index in [0.29, 0.717) is 17.1 Å². The second-order valence-electron chi connectivity index (χ2n) is 4.49. The Kier molecular flexibility index (Phi) is 3.85. The molecule has 0 aliphatic carbocycles. The number of thiazole rings is 1. The summed E-state index contributed by atoms with van der Waals surface area (Å²) in [4.78, 5) is 18.0. The van der Waals surface area contributed by atoms with Crippen molar-refractivity contribution in [1.29, 1.82) is 0 Å². The summed E-state index contributed by atoms with van der Waals surface area (Å²) in [5.74, 6) is 0.595. The summed E-state index contributed by atoms with van der Waals surface area (Å²) in [6, 6.07) is 5.77. The van der Waals surface area contributed by atoms with Gasteiger partial charge in [-0.05, 0) is 25.3 Å². The van der Waals surface area contributed by atoms with E-state index >= 15 is 0 Å². The maximum absolute atomic E-state index is 12.1. The predicted octanol–water partition coefficient (Wildman–Crippen LogP) is 3.41. The normalized spacial score (nSPS) is 10.8. The maximum atomic E-state index is 12.1. The van der Waals surface area contributed by atoms with Crippen LogP contribution < -0.4 is 5.32 Å². The van der Waals surface area contributed by atoms with Crippen LogP contribution in [0.15, 0.2) is 28.1 Å². The van der Waals surface area contributed by atoms with Gasteiger partial charge in [0.2, 0.25) is 0 Å². The number of amides is 1. The summed E-state index contributed by atoms with van der Waals surface area (Å²) in [6.45, 7) is 4.06. The molecule has 0 unspecified atom stereocenters. The highest BCUT2D eigenvalue weighted by molar-refractivity contribution is 7.13. The first-order valence-corrected chi connectivity index (χ1v) is 8.05. The molecule has 108 valence electrons. The van der Waals surface area contributed by atoms with E-state index in [4.69, 9.17) is 4.52 Å². The van der Waals surface area contributed by atoms with E-state index in [1.165, 1.54) is 11.3 Å². The van der Waals surface area contributed by atoms with E-state index in [9.17, 15) is 4.79 Å². The van der Waals surface area contributed by atoms with Gasteiger partial charge in [-0.1, -0.05) is 11.2 Å². The molecule has 0 saturated heterocycles. The van der Waals surface area contributed by atoms with Crippen LogP contribution in [0.2, 0.25) is 0 Å². The van der Waals surface area contributed by atoms with Crippen molar-refractivity contribution in [3.05, 3.63) is 44.9 Å². The minimum Gasteiger partial charge on any atom is -0.355 e. The van der Waals surface area contributed by atoms with Gasteiger partial charge in [-0.15, -0.1) is 22.7 Å². The van der Waals surface area contributed by atoms with E-state index < -0.39 is 0 Å². The third-order valence-electron chi connectivity index (χ3n) is 2.86. The van der Waals surface area contributed by atoms with Crippen molar-refractivity contribution in [3.63, 3.8) is 0 Å². The Balaban J connectivity index is 1.65. The van der Waals surface area contributed by atoms with Crippen molar-refractivity contribution in [2.24, 2.45) is 0 Å². The average Bonchev–Trinajstić information content (AvgIpc) is 3.15. The molecule has 0 bridgehead atoms. The molecule has 5 nitrogen and oxygen atoms in total. The average molecular weight is 319 g/mol. The number of carbonyl (C=O) groups is 1. The monoisotopic (exact) mass is 319 g/mol. The lowest BCUT2D eigenvalue weighted by Crippen LogP contribution is -2.22. The predicted molar refractivity (Wildman–Crippen MR) is 82.6 cm³/mol. The molecule has 3 heterocycles. The summed E-state index contributed by atoms with van der Waals surface area (Å²) in [5, 5.41) is 9.68. The zero-order valence-corrected chi connectivity index (χ0v) is 13.2. The molecule has 0 saturated carbocycles. The Morgan fingerprint density at radius 3 is 2.95 bits per heavy atom. The third-order valence-corrected chi connectivity index (χ3v) is 4.82. The summed E-state index contributed by atoms with van der Waals surface area (Å²) in [7, 11) is 0. The van der Waals surface area contributed by atoms with E-state index in [0.717, 1.165) is 21.3 Å². The molecule has 0 aliphatic rings. The number of aromatic nitrogens is 2. The molecular formula is C14H13N3O2S2. The first-order chi connectivity index (χ1) is 10.1. The largest absolute Gasteiger partial charge is 0.355 e. The summed E-state index contributed by atoms with van der Waals surface area (Å²) < 4.78 is 5.27. The summed E-state index contributed by atoms with van der Waals surface area (Å²) in [5.41, 5.74) is 1.46. The van der Waals surface area contributed by atoms with Crippen LogP contribution in [0.25, 0.3) is 10.6 Å². The minimum absolute atomic E-state index is 0.126. The number of aryl methyl sites for hydroxylation is 2. The maximum Gasteiger partial charge on any atom is 0.263 e. The summed E-state index contributed by atoms with van der Waals surface area (Å²) in [6.07, 6.45) is 0. The lowest BCUT2D eigenvalue weighted by Gasteiger charge is -2.00. The molecule has 3 aromatic heterocycles. The topological polar surface area (TPSA) is 68.0 Å². The minimum atomic E-state index is -0.126. The van der Waals surface area contributed by atoms with E-state index in [-0.39, 0.29) is 5.91 Å². The van der Waals surface area contributed by atoms with Crippen LogP contribution in [-0.4, -0.2) is 16.0 Å². The van der Waals surface area contributed by atoms with Gasteiger partial charge >= 0.3 is 0 Å². The molecule has 0 fully saturated rings. The molecule has 1 amide bonds. The fraction of sp³-hybridized carbons (Fsp3) is 0.214. The van der Waals surface area contributed by atoms with Gasteiger partial charge in [-0.2, -0.15) is 0 Å². The molecule has 0 aliphatic heterocycles. The Morgan fingerprint density at radius 2 is 2.29 bits per heavy atom. The van der Waals surface area contributed by atoms with Crippen molar-refractivity contribution < 1.29 is 9.32 Å². The lowest BCUT2D eigenvalue weighted by molar-refractivity contribution is 0.0953. The Bertz CT molecular complexity index is 759. The number of thiophene rings is 1. The van der Waals surface area contributed by atoms with Gasteiger partial charge in [0, 0.05) is 6.07 Å². The fourth-order valence-electron chi connectivity index (χ4n) is 1.92. The standard InChI is InChI=1S/C14H13N3O2S2/c1-8-13(21-9(2)16-8)14(18)15-7-10-6-11(19-17-10)12-4-3-5-20-12/h3-6H,7H2,1-2H3,(H,15,18). The Hall–Kier alpha value is -1.99. The second kappa shape index (κ2) is 5.79. The second-order valence-corrected chi connectivity index (χ2v) is 6.64. The van der Waals surface area contributed by atoms with Crippen LogP contribution in [0.5, 0.6) is 0 Å². The van der Waals surface area contributed by atoms with Crippen molar-refractivity contribution >= 4 is 28.6 Å². The molecule has 0 radical (unpaired) electrons. The highest BCUT2D eigenvalue weighted by Crippen LogP contribution is 2.25. The first-order valence-electron chi connectivity index (χ1n) is 6.35. The molecule has 21 heavy (non-hydrogen) atoms. The van der Waals surface area contributed by atoms with Gasteiger partial charge < -0.3 is 9.84 Å². The van der Waals surface area contributed by atoms with Crippen molar-refractivity contribution in [3.8, 4) is 10.6 Å². The fourth-order valence-corrected chi connectivity index (χ4v) is 3.43. The van der Waals surface area contributed by atoms with E-state index in [2.05, 4.69) is 15.5 Å². The van der Waals surface area contributed by atoms with Gasteiger partial charge in [-0.3, -0.25) is 4.79 Å². The third kappa shape index (κ3) is 3.03. The van der Waals surface area contributed by atoms with Crippen LogP contribution in [0.1, 0.15) is 26.1 Å². The van der Waals surface area contributed by atoms with E-state index in [1.807, 2.05) is 37.4 Å². The van der Waals surface area contributed by atoms with Crippen LogP contribution in [0.4, 0.5) is 0 Å². The number of hydrogen-bond donors (Lipinski definition) is 1. The van der Waals surface area contributed by atoms with Crippen molar-refractivity contribution in [2.45, 2.75) is 20.4 Å². The number of carbonyl (C=O) groups excluding carboxylic acids is 1. The zero-order valence-electron chi connectivity index (χ0n) is 11.5. The zero-order chi connectivity index (χ0) is 14.8. The Labute approximate surface area is 129 Å². The highest BCUT2D eigenvalue weighted by atomic mass is 32.1. The molecule has 0 aromatic carbocycles. The van der Waals surface area contributed by atoms with Gasteiger partial charge in [-0.25, -0.2) is 4.98 Å². The highest BCUT2D eigenvalue weighted by Gasteiger charge is 2.14. The van der Waals surface area contributed by atoms with Crippen LogP contribution in [0, 0.1) is 13.8 Å². The number of rotatable bonds is 4. The van der Waals surface area contributed by atoms with Gasteiger partial charge in [0.25, 0.3) is 5.91 Å². The molecule has 7 heteroatoms. The van der Waals surface area contributed by atoms with Gasteiger partial charge in [0.05, 0.1) is 22.1 Å². The lowest BCUT2D eigenvalue weighted by atomic mass is 10.3. The van der Waals surface area contributed by atoms with Crippen LogP contribution in [0.3, 0.4) is 0 Å². The quantitative estimate of drug-likeness (QED) is 0.800. The van der Waals surface area contributed by atoms with E-state index in [1.54, 1.807) is 11.3 Å². The first kappa shape index (κ1) is 14.0.